The van der Waals surface area contributed by atoms with E-state index in [2.05, 4.69) is 34.5 Å². The van der Waals surface area contributed by atoms with Crippen molar-refractivity contribution in [2.75, 3.05) is 0 Å². The van der Waals surface area contributed by atoms with Crippen LogP contribution in [-0.2, 0) is 18.9 Å². The Morgan fingerprint density at radius 1 is 0.720 bits per heavy atom. The highest BCUT2D eigenvalue weighted by Crippen LogP contribution is 2.28. The first-order valence-electron chi connectivity index (χ1n) is 8.34. The Kier molecular flexibility index (Phi) is 5.44. The van der Waals surface area contributed by atoms with Gasteiger partial charge in [0.05, 0.1) is 5.56 Å². The van der Waals surface area contributed by atoms with E-state index in [4.69, 9.17) is 0 Å². The fourth-order valence-electron chi connectivity index (χ4n) is 2.88. The van der Waals surface area contributed by atoms with Crippen molar-refractivity contribution in [3.05, 3.63) is 94.6 Å². The van der Waals surface area contributed by atoms with E-state index >= 15 is 0 Å². The monoisotopic (exact) mass is 349 g/mol. The summed E-state index contributed by atoms with van der Waals surface area (Å²) in [5.41, 5.74) is 4.72. The highest BCUT2D eigenvalue weighted by atomic mass is 28.1. The molecule has 25 heavy (non-hydrogen) atoms. The lowest BCUT2D eigenvalue weighted by Crippen LogP contribution is -1.97. The topological polar surface area (TPSA) is 0 Å². The lowest BCUT2D eigenvalue weighted by molar-refractivity contribution is 0.585. The molecule has 0 atom stereocenters. The molecule has 0 amide bonds. The van der Waals surface area contributed by atoms with E-state index in [9.17, 15) is 8.78 Å². The second-order valence-corrected chi connectivity index (χ2v) is 6.65. The smallest absolute Gasteiger partial charge is 0.134 e. The highest BCUT2D eigenvalue weighted by molar-refractivity contribution is 6.08. The number of halogens is 2. The fraction of sp³-hybridized carbons (Fsp3) is 0.182. The summed E-state index contributed by atoms with van der Waals surface area (Å²) in [6.07, 6.45) is 1.36. The largest absolute Gasteiger partial charge is 0.206 e. The van der Waals surface area contributed by atoms with Crippen molar-refractivity contribution in [3.8, 4) is 11.1 Å². The molecule has 125 valence electrons. The zero-order valence-electron chi connectivity index (χ0n) is 14.2. The van der Waals surface area contributed by atoms with Crippen LogP contribution in [0.4, 0.5) is 8.78 Å². The molecule has 0 fully saturated rings. The van der Waals surface area contributed by atoms with Gasteiger partial charge in [-0.25, -0.2) is 8.78 Å². The van der Waals surface area contributed by atoms with Crippen LogP contribution >= 0.6 is 0 Å². The lowest BCUT2D eigenvalue weighted by atomic mass is 9.98. The first kappa shape index (κ1) is 17.6. The molecule has 0 spiro atoms. The van der Waals surface area contributed by atoms with Crippen molar-refractivity contribution in [1.29, 1.82) is 0 Å². The van der Waals surface area contributed by atoms with Crippen LogP contribution in [-0.4, -0.2) is 10.2 Å². The minimum Gasteiger partial charge on any atom is -0.206 e. The average molecular weight is 349 g/mol. The van der Waals surface area contributed by atoms with E-state index in [0.29, 0.717) is 17.5 Å². The molecule has 0 N–H and O–H groups in total. The van der Waals surface area contributed by atoms with E-state index < -0.39 is 11.6 Å². The lowest BCUT2D eigenvalue weighted by Gasteiger charge is -2.09. The van der Waals surface area contributed by atoms with Gasteiger partial charge in [-0.05, 0) is 54.6 Å². The van der Waals surface area contributed by atoms with Gasteiger partial charge in [-0.2, -0.15) is 0 Å². The van der Waals surface area contributed by atoms with Crippen LogP contribution in [0.3, 0.4) is 0 Å². The first-order valence-corrected chi connectivity index (χ1v) is 9.05. The van der Waals surface area contributed by atoms with Crippen LogP contribution < -0.4 is 0 Å². The molecule has 0 bridgehead atoms. The Morgan fingerprint density at radius 3 is 1.80 bits per heavy atom. The standard InChI is InChI=1S/C22H19F2Si/c1-15-2-10-19(11-3-15)22-20(23)12-18(13-21(22)24)9-6-16-4-7-17(14-25)8-5-16/h2-5,7-8,10-13H,6,9,14H2,1H3. The Labute approximate surface area is 151 Å². The summed E-state index contributed by atoms with van der Waals surface area (Å²) in [4.78, 5) is 0. The summed E-state index contributed by atoms with van der Waals surface area (Å²) in [7, 11) is 3.47. The molecule has 0 aromatic heterocycles. The molecule has 3 aromatic carbocycles. The highest BCUT2D eigenvalue weighted by Gasteiger charge is 2.13. The van der Waals surface area contributed by atoms with Gasteiger partial charge in [0.15, 0.2) is 0 Å². The third kappa shape index (κ3) is 4.23. The quantitative estimate of drug-likeness (QED) is 0.542. The van der Waals surface area contributed by atoms with Gasteiger partial charge < -0.3 is 0 Å². The molecule has 3 rings (SSSR count). The zero-order chi connectivity index (χ0) is 17.8. The molecule has 0 heterocycles. The van der Waals surface area contributed by atoms with E-state index in [1.165, 1.54) is 17.7 Å². The molecule has 0 nitrogen and oxygen atoms in total. The van der Waals surface area contributed by atoms with E-state index in [-0.39, 0.29) is 5.56 Å². The summed E-state index contributed by atoms with van der Waals surface area (Å²) in [6.45, 7) is 1.95. The van der Waals surface area contributed by atoms with E-state index in [1.54, 1.807) is 12.1 Å². The number of hydrogen-bond acceptors (Lipinski definition) is 0. The molecule has 0 aliphatic heterocycles. The van der Waals surface area contributed by atoms with Crippen LogP contribution in [0.2, 0.25) is 0 Å². The minimum atomic E-state index is -0.506. The predicted octanol–water partition coefficient (Wildman–Crippen LogP) is 5.39. The molecule has 3 heteroatoms. The van der Waals surface area contributed by atoms with Gasteiger partial charge in [0.1, 0.15) is 11.6 Å². The zero-order valence-corrected chi connectivity index (χ0v) is 15.2. The van der Waals surface area contributed by atoms with Crippen molar-refractivity contribution in [3.63, 3.8) is 0 Å². The molecule has 3 aromatic rings. The number of benzene rings is 3. The average Bonchev–Trinajstić information content (AvgIpc) is 2.61. The van der Waals surface area contributed by atoms with Gasteiger partial charge in [-0.1, -0.05) is 59.7 Å². The molecular weight excluding hydrogens is 330 g/mol. The van der Waals surface area contributed by atoms with Gasteiger partial charge in [0, 0.05) is 10.2 Å². The third-order valence-electron chi connectivity index (χ3n) is 4.37. The fourth-order valence-corrected chi connectivity index (χ4v) is 3.11. The molecule has 3 radical (unpaired) electrons. The van der Waals surface area contributed by atoms with Gasteiger partial charge in [0.2, 0.25) is 0 Å². The SMILES string of the molecule is Cc1ccc(-c2c(F)cc(CCc3ccc(C[Si])cc3)cc2F)cc1. The number of hydrogen-bond donors (Lipinski definition) is 0. The van der Waals surface area contributed by atoms with Crippen molar-refractivity contribution < 1.29 is 8.78 Å². The maximum Gasteiger partial charge on any atom is 0.134 e. The second-order valence-electron chi connectivity index (χ2n) is 6.29. The number of aryl methyl sites for hydroxylation is 3. The Morgan fingerprint density at radius 2 is 1.24 bits per heavy atom. The Hall–Kier alpha value is -2.26. The van der Waals surface area contributed by atoms with E-state index in [1.807, 2.05) is 19.1 Å². The van der Waals surface area contributed by atoms with Gasteiger partial charge in [-0.15, -0.1) is 0 Å². The summed E-state index contributed by atoms with van der Waals surface area (Å²) in [6, 6.07) is 19.2. The summed E-state index contributed by atoms with van der Waals surface area (Å²) >= 11 is 0. The summed E-state index contributed by atoms with van der Waals surface area (Å²) in [5.74, 6) is -1.01. The molecule has 0 saturated carbocycles. The molecular formula is C22H19F2Si. The maximum absolute atomic E-state index is 14.5. The van der Waals surface area contributed by atoms with Crippen molar-refractivity contribution in [2.45, 2.75) is 25.8 Å². The molecule has 0 aliphatic carbocycles. The van der Waals surface area contributed by atoms with Gasteiger partial charge in [0.25, 0.3) is 0 Å². The van der Waals surface area contributed by atoms with Gasteiger partial charge in [-0.3, -0.25) is 0 Å². The van der Waals surface area contributed by atoms with Crippen LogP contribution in [0.1, 0.15) is 22.3 Å². The molecule has 0 saturated heterocycles. The predicted molar refractivity (Wildman–Crippen MR) is 99.8 cm³/mol. The van der Waals surface area contributed by atoms with E-state index in [0.717, 1.165) is 23.6 Å². The van der Waals surface area contributed by atoms with Crippen molar-refractivity contribution in [2.24, 2.45) is 0 Å². The van der Waals surface area contributed by atoms with Crippen molar-refractivity contribution in [1.82, 2.24) is 0 Å². The van der Waals surface area contributed by atoms with Crippen molar-refractivity contribution >= 4 is 10.2 Å². The first-order chi connectivity index (χ1) is 12.1. The Balaban J connectivity index is 1.78. The van der Waals surface area contributed by atoms with Crippen LogP contribution in [0.25, 0.3) is 11.1 Å². The van der Waals surface area contributed by atoms with Gasteiger partial charge >= 0.3 is 0 Å². The minimum absolute atomic E-state index is 0.0465. The number of rotatable bonds is 5. The van der Waals surface area contributed by atoms with Crippen LogP contribution in [0, 0.1) is 18.6 Å². The molecule has 0 unspecified atom stereocenters. The molecule has 0 aliphatic rings. The van der Waals surface area contributed by atoms with Crippen LogP contribution in [0.5, 0.6) is 0 Å². The second kappa shape index (κ2) is 7.75. The normalized spacial score (nSPS) is 10.9. The Bertz CT molecular complexity index is 829. The van der Waals surface area contributed by atoms with Crippen LogP contribution in [0.15, 0.2) is 60.7 Å². The third-order valence-corrected chi connectivity index (χ3v) is 4.78. The summed E-state index contributed by atoms with van der Waals surface area (Å²) < 4.78 is 29.0. The maximum atomic E-state index is 14.5. The summed E-state index contributed by atoms with van der Waals surface area (Å²) in [5, 5.41) is 0.